The van der Waals surface area contributed by atoms with Gasteiger partial charge in [-0.05, 0) is 86.6 Å². The van der Waals surface area contributed by atoms with Gasteiger partial charge in [0, 0.05) is 86.5 Å². The first kappa shape index (κ1) is 25.7. The maximum absolute atomic E-state index is 4.97. The Morgan fingerprint density at radius 1 is 0.846 bits per heavy atom. The van der Waals surface area contributed by atoms with Crippen molar-refractivity contribution >= 4 is 11.4 Å². The van der Waals surface area contributed by atoms with Gasteiger partial charge in [0.1, 0.15) is 0 Å². The van der Waals surface area contributed by atoms with Crippen LogP contribution in [0.15, 0.2) is 55.0 Å². The fraction of sp³-hybridized carbons (Fsp3) is 0.455. The van der Waals surface area contributed by atoms with E-state index in [-0.39, 0.29) is 0 Å². The van der Waals surface area contributed by atoms with Crippen molar-refractivity contribution in [2.45, 2.75) is 64.8 Å². The summed E-state index contributed by atoms with van der Waals surface area (Å²) in [6.45, 7) is 12.4. The monoisotopic (exact) mass is 522 g/mol. The Kier molecular flexibility index (Phi) is 6.74. The van der Waals surface area contributed by atoms with Crippen molar-refractivity contribution in [3.63, 3.8) is 0 Å². The van der Waals surface area contributed by atoms with Gasteiger partial charge in [0.05, 0.1) is 11.9 Å². The molecule has 0 N–H and O–H groups in total. The average Bonchev–Trinajstić information content (AvgIpc) is 3.70. The van der Waals surface area contributed by atoms with Crippen LogP contribution in [0, 0.1) is 0 Å². The van der Waals surface area contributed by atoms with Crippen molar-refractivity contribution < 1.29 is 0 Å². The highest BCUT2D eigenvalue weighted by Gasteiger charge is 2.31. The van der Waals surface area contributed by atoms with Crippen molar-refractivity contribution in [1.29, 1.82) is 0 Å². The Labute approximate surface area is 233 Å². The molecule has 6 heteroatoms. The summed E-state index contributed by atoms with van der Waals surface area (Å²) in [5.74, 6) is 1.10. The Morgan fingerprint density at radius 2 is 1.59 bits per heavy atom. The van der Waals surface area contributed by atoms with Gasteiger partial charge in [0.15, 0.2) is 0 Å². The zero-order valence-electron chi connectivity index (χ0n) is 24.4. The fourth-order valence-electron chi connectivity index (χ4n) is 6.78. The molecule has 0 bridgehead atoms. The summed E-state index contributed by atoms with van der Waals surface area (Å²) in [5, 5.41) is 9.36. The van der Waals surface area contributed by atoms with Crippen LogP contribution in [0.2, 0.25) is 0 Å². The van der Waals surface area contributed by atoms with Crippen LogP contribution in [0.5, 0.6) is 0 Å². The Morgan fingerprint density at radius 3 is 2.31 bits per heavy atom. The molecule has 0 saturated heterocycles. The van der Waals surface area contributed by atoms with Crippen molar-refractivity contribution in [2.24, 2.45) is 14.1 Å². The first-order valence-corrected chi connectivity index (χ1v) is 14.7. The molecular formula is C33H42N6. The lowest BCUT2D eigenvalue weighted by atomic mass is 9.91. The van der Waals surface area contributed by atoms with E-state index in [0.29, 0.717) is 17.9 Å². The lowest BCUT2D eigenvalue weighted by Crippen LogP contribution is -2.29. The van der Waals surface area contributed by atoms with Crippen LogP contribution >= 0.6 is 0 Å². The van der Waals surface area contributed by atoms with E-state index in [0.717, 1.165) is 32.5 Å². The minimum absolute atomic E-state index is 0.496. The number of anilines is 2. The first-order chi connectivity index (χ1) is 18.9. The second kappa shape index (κ2) is 10.2. The summed E-state index contributed by atoms with van der Waals surface area (Å²) in [5.41, 5.74) is 12.0. The second-order valence-corrected chi connectivity index (χ2v) is 11.7. The number of nitrogens with zero attached hydrogens (tertiary/aromatic N) is 6. The number of benzene rings is 2. The highest BCUT2D eigenvalue weighted by molar-refractivity contribution is 5.73. The van der Waals surface area contributed by atoms with Crippen LogP contribution in [-0.2, 0) is 20.5 Å². The highest BCUT2D eigenvalue weighted by atomic mass is 15.3. The molecule has 204 valence electrons. The van der Waals surface area contributed by atoms with Crippen LogP contribution < -0.4 is 9.80 Å². The predicted octanol–water partition coefficient (Wildman–Crippen LogP) is 6.77. The molecule has 0 aliphatic carbocycles. The molecule has 0 saturated carbocycles. The Hall–Kier alpha value is -3.54. The van der Waals surface area contributed by atoms with Crippen LogP contribution in [0.1, 0.15) is 69.2 Å². The lowest BCUT2D eigenvalue weighted by molar-refractivity contribution is 0.627. The summed E-state index contributed by atoms with van der Waals surface area (Å²) < 4.78 is 3.88. The van der Waals surface area contributed by atoms with E-state index < -0.39 is 0 Å². The highest BCUT2D eigenvalue weighted by Crippen LogP contribution is 2.43. The number of aromatic nitrogens is 4. The zero-order chi connectivity index (χ0) is 27.3. The predicted molar refractivity (Wildman–Crippen MR) is 162 cm³/mol. The minimum atomic E-state index is 0.496. The first-order valence-electron chi connectivity index (χ1n) is 14.7. The molecule has 0 amide bonds. The van der Waals surface area contributed by atoms with E-state index in [1.165, 1.54) is 56.9 Å². The van der Waals surface area contributed by atoms with Gasteiger partial charge in [-0.1, -0.05) is 19.1 Å². The standard InChI is InChI=1S/C33H42N6/c1-7-23-20-39(22(3)4)33-14-11-25(16-28(23)33)30-21-37(6)35-31(30)12-9-26-19-38(8-2)32-13-10-24(15-29(26)32)27-17-34-36(5)18-27/h10-11,13-18,21-23,26H,7-9,12,19-20H2,1-6H3/t23-,26+/m1/s1. The molecule has 0 radical (unpaired) electrons. The molecule has 39 heavy (non-hydrogen) atoms. The molecular weight excluding hydrogens is 480 g/mol. The molecule has 2 aliphatic heterocycles. The van der Waals surface area contributed by atoms with Crippen LogP contribution in [0.3, 0.4) is 0 Å². The number of hydrogen-bond donors (Lipinski definition) is 0. The number of rotatable bonds is 8. The Bertz CT molecular complexity index is 1480. The number of fused-ring (bicyclic) bond motifs is 2. The third-order valence-corrected chi connectivity index (χ3v) is 8.92. The average molecular weight is 523 g/mol. The molecule has 2 aromatic heterocycles. The van der Waals surface area contributed by atoms with E-state index >= 15 is 0 Å². The van der Waals surface area contributed by atoms with Gasteiger partial charge in [-0.2, -0.15) is 10.2 Å². The third kappa shape index (κ3) is 4.64. The second-order valence-electron chi connectivity index (χ2n) is 11.7. The quantitative estimate of drug-likeness (QED) is 0.256. The van der Waals surface area contributed by atoms with Gasteiger partial charge in [0.2, 0.25) is 0 Å². The smallest absolute Gasteiger partial charge is 0.0703 e. The molecule has 4 heterocycles. The molecule has 2 aliphatic rings. The van der Waals surface area contributed by atoms with Gasteiger partial charge in [-0.25, -0.2) is 0 Å². The molecule has 4 aromatic rings. The minimum Gasteiger partial charge on any atom is -0.371 e. The molecule has 0 unspecified atom stereocenters. The summed E-state index contributed by atoms with van der Waals surface area (Å²) in [6, 6.07) is 14.6. The number of hydrogen-bond acceptors (Lipinski definition) is 4. The van der Waals surface area contributed by atoms with Crippen molar-refractivity contribution in [3.8, 4) is 22.3 Å². The number of likely N-dealkylation sites (N-methyl/N-ethyl adjacent to an activating group) is 1. The number of aryl methyl sites for hydroxylation is 3. The van der Waals surface area contributed by atoms with Crippen LogP contribution in [0.25, 0.3) is 22.3 Å². The van der Waals surface area contributed by atoms with E-state index in [1.807, 2.05) is 22.6 Å². The molecule has 2 aromatic carbocycles. The molecule has 2 atom stereocenters. The Balaban J connectivity index is 1.27. The van der Waals surface area contributed by atoms with Crippen molar-refractivity contribution in [1.82, 2.24) is 19.6 Å². The fourth-order valence-corrected chi connectivity index (χ4v) is 6.78. The lowest BCUT2D eigenvalue weighted by Gasteiger charge is -2.24. The van der Waals surface area contributed by atoms with Crippen LogP contribution in [-0.4, -0.2) is 45.2 Å². The molecule has 0 fully saturated rings. The molecule has 6 nitrogen and oxygen atoms in total. The van der Waals surface area contributed by atoms with Crippen molar-refractivity contribution in [2.75, 3.05) is 29.4 Å². The summed E-state index contributed by atoms with van der Waals surface area (Å²) >= 11 is 0. The SMILES string of the molecule is CC[C@@H]1CN(C(C)C)c2ccc(-c3cn(C)nc3CC[C@H]3CN(CC)c4ccc(-c5cnn(C)c5)cc43)cc21. The topological polar surface area (TPSA) is 42.1 Å². The van der Waals surface area contributed by atoms with Gasteiger partial charge >= 0.3 is 0 Å². The third-order valence-electron chi connectivity index (χ3n) is 8.92. The molecule has 0 spiro atoms. The van der Waals surface area contributed by atoms with Gasteiger partial charge in [-0.15, -0.1) is 0 Å². The van der Waals surface area contributed by atoms with E-state index in [9.17, 15) is 0 Å². The maximum atomic E-state index is 4.97. The summed E-state index contributed by atoms with van der Waals surface area (Å²) in [6.07, 6.45) is 9.52. The van der Waals surface area contributed by atoms with E-state index in [4.69, 9.17) is 5.10 Å². The van der Waals surface area contributed by atoms with E-state index in [2.05, 4.69) is 98.4 Å². The van der Waals surface area contributed by atoms with Gasteiger partial charge < -0.3 is 9.80 Å². The largest absolute Gasteiger partial charge is 0.371 e. The van der Waals surface area contributed by atoms with E-state index in [1.54, 1.807) is 0 Å². The maximum Gasteiger partial charge on any atom is 0.0703 e. The zero-order valence-corrected chi connectivity index (χ0v) is 24.4. The normalized spacial score (nSPS) is 18.3. The summed E-state index contributed by atoms with van der Waals surface area (Å²) in [7, 11) is 4.03. The van der Waals surface area contributed by atoms with Crippen molar-refractivity contribution in [3.05, 3.63) is 71.8 Å². The van der Waals surface area contributed by atoms with Gasteiger partial charge in [0.25, 0.3) is 0 Å². The summed E-state index contributed by atoms with van der Waals surface area (Å²) in [4.78, 5) is 5.09. The molecule has 6 rings (SSSR count). The van der Waals surface area contributed by atoms with Gasteiger partial charge in [-0.3, -0.25) is 9.36 Å². The van der Waals surface area contributed by atoms with Crippen LogP contribution in [0.4, 0.5) is 11.4 Å².